The Hall–Kier alpha value is -2.61. The van der Waals surface area contributed by atoms with Crippen LogP contribution in [0.3, 0.4) is 0 Å². The molecule has 198 valence electrons. The van der Waals surface area contributed by atoms with Crippen molar-refractivity contribution in [3.8, 4) is 5.75 Å². The lowest BCUT2D eigenvalue weighted by Crippen LogP contribution is -2.58. The third-order valence-electron chi connectivity index (χ3n) is 7.68. The van der Waals surface area contributed by atoms with E-state index in [2.05, 4.69) is 27.3 Å². The van der Waals surface area contributed by atoms with Gasteiger partial charge in [-0.15, -0.1) is 0 Å². The van der Waals surface area contributed by atoms with Crippen molar-refractivity contribution in [1.29, 1.82) is 0 Å². The maximum Gasteiger partial charge on any atom is 0.242 e. The van der Waals surface area contributed by atoms with E-state index in [1.807, 2.05) is 25.1 Å². The van der Waals surface area contributed by atoms with Gasteiger partial charge in [0.2, 0.25) is 17.7 Å². The molecule has 0 unspecified atom stereocenters. The van der Waals surface area contributed by atoms with E-state index in [-0.39, 0.29) is 41.7 Å². The normalized spacial score (nSPS) is 30.0. The highest BCUT2D eigenvalue weighted by Gasteiger charge is 2.38. The molecule has 8 heteroatoms. The molecule has 2 fully saturated rings. The lowest BCUT2D eigenvalue weighted by molar-refractivity contribution is -0.133. The molecule has 3 aliphatic rings. The Labute approximate surface area is 214 Å². The fraction of sp³-hybridized carbons (Fsp3) is 0.679. The number of carbonyl (C=O) groups excluding carboxylic acids is 3. The van der Waals surface area contributed by atoms with Crippen LogP contribution in [0.5, 0.6) is 5.75 Å². The lowest BCUT2D eigenvalue weighted by atomic mass is 9.83. The minimum absolute atomic E-state index is 0.118. The number of para-hydroxylation sites is 1. The average molecular weight is 499 g/mol. The van der Waals surface area contributed by atoms with Crippen molar-refractivity contribution in [1.82, 2.24) is 21.3 Å². The Bertz CT molecular complexity index is 913. The summed E-state index contributed by atoms with van der Waals surface area (Å²) in [7, 11) is 0. The maximum absolute atomic E-state index is 13.2. The molecule has 4 rings (SSSR count). The highest BCUT2D eigenvalue weighted by molar-refractivity contribution is 5.93. The number of nitrogens with one attached hydrogen (secondary N) is 4. The molecule has 2 aliphatic carbocycles. The lowest BCUT2D eigenvalue weighted by Gasteiger charge is -2.31. The second-order valence-corrected chi connectivity index (χ2v) is 10.8. The number of rotatable bonds is 2. The van der Waals surface area contributed by atoms with Crippen molar-refractivity contribution in [3.05, 3.63) is 29.8 Å². The first-order valence-corrected chi connectivity index (χ1v) is 13.8. The van der Waals surface area contributed by atoms with Gasteiger partial charge in [0.15, 0.2) is 0 Å². The molecular weight excluding hydrogens is 456 g/mol. The van der Waals surface area contributed by atoms with E-state index >= 15 is 0 Å². The number of hydrogen-bond acceptors (Lipinski definition) is 5. The number of benzene rings is 1. The van der Waals surface area contributed by atoms with Crippen LogP contribution in [0.25, 0.3) is 0 Å². The molecule has 0 bridgehead atoms. The van der Waals surface area contributed by atoms with Gasteiger partial charge >= 0.3 is 0 Å². The maximum atomic E-state index is 13.2. The minimum atomic E-state index is -0.723. The Kier molecular flexibility index (Phi) is 9.24. The smallest absolute Gasteiger partial charge is 0.242 e. The molecule has 1 aromatic rings. The molecule has 4 atom stereocenters. The molecule has 0 saturated heterocycles. The number of carbonyl (C=O) groups is 3. The van der Waals surface area contributed by atoms with E-state index in [1.165, 1.54) is 6.42 Å². The highest BCUT2D eigenvalue weighted by atomic mass is 16.5. The zero-order valence-corrected chi connectivity index (χ0v) is 21.7. The highest BCUT2D eigenvalue weighted by Crippen LogP contribution is 2.33. The van der Waals surface area contributed by atoms with Crippen LogP contribution < -0.4 is 26.0 Å². The van der Waals surface area contributed by atoms with Gasteiger partial charge in [-0.25, -0.2) is 0 Å². The summed E-state index contributed by atoms with van der Waals surface area (Å²) in [5, 5.41) is 12.3. The number of amides is 3. The van der Waals surface area contributed by atoms with E-state index < -0.39 is 12.1 Å². The third-order valence-corrected chi connectivity index (χ3v) is 7.68. The molecule has 0 spiro atoms. The summed E-state index contributed by atoms with van der Waals surface area (Å²) in [4.78, 5) is 39.4. The van der Waals surface area contributed by atoms with Crippen molar-refractivity contribution in [2.24, 2.45) is 11.8 Å². The zero-order valence-electron chi connectivity index (χ0n) is 21.7. The summed E-state index contributed by atoms with van der Waals surface area (Å²) >= 11 is 0. The first-order chi connectivity index (χ1) is 17.4. The molecule has 3 amide bonds. The summed E-state index contributed by atoms with van der Waals surface area (Å²) < 4.78 is 6.24. The molecule has 8 nitrogen and oxygen atoms in total. The molecule has 0 radical (unpaired) electrons. The SMILES string of the molecule is C[C@@H]1CN[C@@H](C2CC2)C(=O)N[C@H](C)C(=O)N[C@H](C2CCCCC2)C(=O)NCCCc2ccccc2O1. The second-order valence-electron chi connectivity index (χ2n) is 10.8. The predicted molar refractivity (Wildman–Crippen MR) is 138 cm³/mol. The quantitative estimate of drug-likeness (QED) is 0.501. The summed E-state index contributed by atoms with van der Waals surface area (Å²) in [5.74, 6) is 0.611. The van der Waals surface area contributed by atoms with Crippen LogP contribution in [0.4, 0.5) is 0 Å². The molecule has 4 N–H and O–H groups in total. The Balaban J connectivity index is 1.52. The fourth-order valence-electron chi connectivity index (χ4n) is 5.39. The summed E-state index contributed by atoms with van der Waals surface area (Å²) in [6.45, 7) is 4.74. The molecule has 1 aromatic carbocycles. The number of hydrogen-bond donors (Lipinski definition) is 4. The minimum Gasteiger partial charge on any atom is -0.489 e. The first-order valence-electron chi connectivity index (χ1n) is 13.8. The Morgan fingerprint density at radius 1 is 0.778 bits per heavy atom. The van der Waals surface area contributed by atoms with Crippen molar-refractivity contribution < 1.29 is 19.1 Å². The van der Waals surface area contributed by atoms with Gasteiger partial charge in [0.05, 0.1) is 6.04 Å². The van der Waals surface area contributed by atoms with Crippen LogP contribution in [0.15, 0.2) is 24.3 Å². The molecule has 1 heterocycles. The monoisotopic (exact) mass is 498 g/mol. The average Bonchev–Trinajstić information content (AvgIpc) is 3.71. The number of aryl methyl sites for hydroxylation is 1. The van der Waals surface area contributed by atoms with Gasteiger partial charge in [0.25, 0.3) is 0 Å². The van der Waals surface area contributed by atoms with Gasteiger partial charge in [-0.3, -0.25) is 14.4 Å². The van der Waals surface area contributed by atoms with E-state index in [9.17, 15) is 14.4 Å². The van der Waals surface area contributed by atoms with Crippen LogP contribution in [0.2, 0.25) is 0 Å². The molecule has 0 aromatic heterocycles. The summed E-state index contributed by atoms with van der Waals surface area (Å²) in [5.41, 5.74) is 1.10. The van der Waals surface area contributed by atoms with E-state index in [1.54, 1.807) is 6.92 Å². The van der Waals surface area contributed by atoms with Crippen LogP contribution >= 0.6 is 0 Å². The molecule has 36 heavy (non-hydrogen) atoms. The van der Waals surface area contributed by atoms with E-state index in [0.29, 0.717) is 13.1 Å². The van der Waals surface area contributed by atoms with Gasteiger partial charge in [0, 0.05) is 13.1 Å². The number of fused-ring (bicyclic) bond motifs is 1. The van der Waals surface area contributed by atoms with Crippen LogP contribution in [-0.2, 0) is 20.8 Å². The fourth-order valence-corrected chi connectivity index (χ4v) is 5.39. The van der Waals surface area contributed by atoms with Crippen LogP contribution in [0, 0.1) is 11.8 Å². The van der Waals surface area contributed by atoms with E-state index in [0.717, 1.165) is 62.7 Å². The predicted octanol–water partition coefficient (Wildman–Crippen LogP) is 2.45. The zero-order chi connectivity index (χ0) is 25.5. The molecule has 1 aliphatic heterocycles. The topological polar surface area (TPSA) is 109 Å². The van der Waals surface area contributed by atoms with E-state index in [4.69, 9.17) is 4.74 Å². The Morgan fingerprint density at radius 2 is 1.50 bits per heavy atom. The summed E-state index contributed by atoms with van der Waals surface area (Å²) in [6, 6.07) is 6.33. The van der Waals surface area contributed by atoms with Gasteiger partial charge in [-0.2, -0.15) is 0 Å². The van der Waals surface area contributed by atoms with Gasteiger partial charge in [-0.05, 0) is 75.8 Å². The van der Waals surface area contributed by atoms with Crippen LogP contribution in [-0.4, -0.2) is 55.0 Å². The molecular formula is C28H42N4O4. The second kappa shape index (κ2) is 12.6. The van der Waals surface area contributed by atoms with Crippen molar-refractivity contribution in [2.75, 3.05) is 13.1 Å². The van der Waals surface area contributed by atoms with Crippen molar-refractivity contribution in [2.45, 2.75) is 95.9 Å². The standard InChI is InChI=1S/C28H42N4O4/c1-18-17-30-24(22-14-15-22)28(35)31-19(2)26(33)32-25(21-10-4-3-5-11-21)27(34)29-16-8-12-20-9-6-7-13-23(20)36-18/h6-7,9,13,18-19,21-22,24-25,30H,3-5,8,10-12,14-17H2,1-2H3,(H,29,34)(H,31,35)(H,32,33)/t18-,19-,24+,25-/m1/s1. The largest absolute Gasteiger partial charge is 0.489 e. The molecule has 2 saturated carbocycles. The third kappa shape index (κ3) is 7.21. The summed E-state index contributed by atoms with van der Waals surface area (Å²) in [6.07, 6.45) is 8.58. The Morgan fingerprint density at radius 3 is 2.25 bits per heavy atom. The van der Waals surface area contributed by atoms with Crippen LogP contribution in [0.1, 0.15) is 70.8 Å². The van der Waals surface area contributed by atoms with Gasteiger partial charge in [-0.1, -0.05) is 37.5 Å². The first kappa shape index (κ1) is 26.5. The number of ether oxygens (including phenoxy) is 1. The van der Waals surface area contributed by atoms with Gasteiger partial charge < -0.3 is 26.0 Å². The van der Waals surface area contributed by atoms with Crippen molar-refractivity contribution in [3.63, 3.8) is 0 Å². The van der Waals surface area contributed by atoms with Crippen molar-refractivity contribution >= 4 is 17.7 Å². The van der Waals surface area contributed by atoms with Gasteiger partial charge in [0.1, 0.15) is 23.9 Å².